The first-order valence-corrected chi connectivity index (χ1v) is 10.1. The number of allylic oxidation sites excluding steroid dienone is 1. The Balaban J connectivity index is 1.93. The van der Waals surface area contributed by atoms with E-state index in [-0.39, 0.29) is 5.41 Å². The molecular formula is C22H34N4. The van der Waals surface area contributed by atoms with Crippen LogP contribution in [-0.4, -0.2) is 41.8 Å². The van der Waals surface area contributed by atoms with Crippen molar-refractivity contribution in [1.82, 2.24) is 15.2 Å². The fraction of sp³-hybridized carbons (Fsp3) is 0.636. The number of rotatable bonds is 6. The van der Waals surface area contributed by atoms with Crippen LogP contribution in [0.25, 0.3) is 0 Å². The van der Waals surface area contributed by atoms with Gasteiger partial charge in [-0.1, -0.05) is 26.0 Å². The monoisotopic (exact) mass is 354 g/mol. The highest BCUT2D eigenvalue weighted by Crippen LogP contribution is 2.39. The Morgan fingerprint density at radius 3 is 2.81 bits per heavy atom. The second kappa shape index (κ2) is 8.45. The van der Waals surface area contributed by atoms with E-state index in [1.165, 1.54) is 36.2 Å². The molecule has 1 aromatic rings. The van der Waals surface area contributed by atoms with Gasteiger partial charge in [0, 0.05) is 36.1 Å². The van der Waals surface area contributed by atoms with Crippen molar-refractivity contribution >= 4 is 5.71 Å². The maximum absolute atomic E-state index is 4.89. The summed E-state index contributed by atoms with van der Waals surface area (Å²) in [7, 11) is 2.03. The lowest BCUT2D eigenvalue weighted by Gasteiger charge is -2.46. The maximum atomic E-state index is 4.89. The quantitative estimate of drug-likeness (QED) is 0.775. The number of nitrogens with one attached hydrogen (secondary N) is 1. The summed E-state index contributed by atoms with van der Waals surface area (Å²) in [5, 5.41) is 3.30. The van der Waals surface area contributed by atoms with Crippen molar-refractivity contribution in [1.29, 1.82) is 0 Å². The van der Waals surface area contributed by atoms with Gasteiger partial charge in [-0.15, -0.1) is 0 Å². The largest absolute Gasteiger partial charge is 0.320 e. The van der Waals surface area contributed by atoms with Crippen molar-refractivity contribution in [3.05, 3.63) is 41.9 Å². The molecule has 4 nitrogen and oxygen atoms in total. The van der Waals surface area contributed by atoms with Gasteiger partial charge < -0.3 is 5.32 Å². The highest BCUT2D eigenvalue weighted by Gasteiger charge is 2.40. The second-order valence-electron chi connectivity index (χ2n) is 8.35. The van der Waals surface area contributed by atoms with E-state index in [0.29, 0.717) is 12.1 Å². The smallest absolute Gasteiger partial charge is 0.0604 e. The van der Waals surface area contributed by atoms with Gasteiger partial charge in [-0.05, 0) is 64.3 Å². The molecule has 4 heteroatoms. The Kier molecular flexibility index (Phi) is 6.25. The molecule has 0 spiro atoms. The van der Waals surface area contributed by atoms with Crippen molar-refractivity contribution in [2.75, 3.05) is 20.1 Å². The van der Waals surface area contributed by atoms with Crippen LogP contribution in [0.1, 0.15) is 63.3 Å². The van der Waals surface area contributed by atoms with Crippen LogP contribution in [0.15, 0.2) is 35.6 Å². The van der Waals surface area contributed by atoms with Crippen molar-refractivity contribution < 1.29 is 0 Å². The molecule has 0 saturated carbocycles. The Labute approximate surface area is 158 Å². The minimum absolute atomic E-state index is 0.141. The molecule has 2 atom stereocenters. The lowest BCUT2D eigenvalue weighted by atomic mass is 9.75. The molecule has 1 fully saturated rings. The number of nitrogens with zero attached hydrogens (tertiary/aromatic N) is 3. The summed E-state index contributed by atoms with van der Waals surface area (Å²) in [4.78, 5) is 12.4. The van der Waals surface area contributed by atoms with Gasteiger partial charge in [0.1, 0.15) is 0 Å². The first-order chi connectivity index (χ1) is 12.5. The zero-order valence-electron chi connectivity index (χ0n) is 16.8. The standard InChI is InChI=1S/C22H34N4/c1-17-9-6-14-24-20(17)18-10-5-11-19(26(18)16-8-13-23-4)21-22(2,3)12-7-15-25-21/h6-7,9,14-15,18-19,23H,5,8,10-13,16H2,1-4H3/t18-,19+/m1/s1. The molecule has 1 aromatic heterocycles. The van der Waals surface area contributed by atoms with Gasteiger partial charge in [0.15, 0.2) is 0 Å². The molecule has 3 rings (SSSR count). The van der Waals surface area contributed by atoms with Gasteiger partial charge in [-0.2, -0.15) is 0 Å². The van der Waals surface area contributed by atoms with Gasteiger partial charge in [-0.25, -0.2) is 0 Å². The molecule has 1 saturated heterocycles. The number of hydrogen-bond donors (Lipinski definition) is 1. The fourth-order valence-electron chi connectivity index (χ4n) is 4.53. The molecule has 0 unspecified atom stereocenters. The van der Waals surface area contributed by atoms with Gasteiger partial charge in [0.05, 0.1) is 11.7 Å². The maximum Gasteiger partial charge on any atom is 0.0604 e. The molecule has 0 radical (unpaired) electrons. The minimum Gasteiger partial charge on any atom is -0.320 e. The van der Waals surface area contributed by atoms with E-state index < -0.39 is 0 Å². The van der Waals surface area contributed by atoms with Crippen LogP contribution < -0.4 is 5.32 Å². The van der Waals surface area contributed by atoms with E-state index in [1.54, 1.807) is 0 Å². The normalized spacial score (nSPS) is 25.9. The second-order valence-corrected chi connectivity index (χ2v) is 8.35. The molecule has 142 valence electrons. The average Bonchev–Trinajstić information content (AvgIpc) is 2.62. The summed E-state index contributed by atoms with van der Waals surface area (Å²) in [5.41, 5.74) is 4.07. The van der Waals surface area contributed by atoms with Crippen LogP contribution in [0, 0.1) is 12.3 Å². The van der Waals surface area contributed by atoms with Gasteiger partial charge in [0.25, 0.3) is 0 Å². The third-order valence-electron chi connectivity index (χ3n) is 5.92. The van der Waals surface area contributed by atoms with Gasteiger partial charge in [0.2, 0.25) is 0 Å². The van der Waals surface area contributed by atoms with Gasteiger partial charge in [-0.3, -0.25) is 14.9 Å². The number of piperidine rings is 1. The average molecular weight is 355 g/mol. The van der Waals surface area contributed by atoms with Crippen LogP contribution in [0.3, 0.4) is 0 Å². The number of aromatic nitrogens is 1. The van der Waals surface area contributed by atoms with E-state index in [2.05, 4.69) is 43.1 Å². The first-order valence-electron chi connectivity index (χ1n) is 10.1. The van der Waals surface area contributed by atoms with Crippen LogP contribution in [0.4, 0.5) is 0 Å². The number of hydrogen-bond acceptors (Lipinski definition) is 4. The molecule has 2 aliphatic heterocycles. The lowest BCUT2D eigenvalue weighted by Crippen LogP contribution is -2.51. The number of likely N-dealkylation sites (tertiary alicyclic amines) is 1. The van der Waals surface area contributed by atoms with E-state index in [1.807, 2.05) is 25.5 Å². The zero-order valence-corrected chi connectivity index (χ0v) is 16.8. The van der Waals surface area contributed by atoms with Crippen LogP contribution in [0.5, 0.6) is 0 Å². The molecule has 3 heterocycles. The van der Waals surface area contributed by atoms with Crippen molar-refractivity contribution in [3.8, 4) is 0 Å². The molecule has 0 aliphatic carbocycles. The molecule has 26 heavy (non-hydrogen) atoms. The van der Waals surface area contributed by atoms with Crippen LogP contribution in [-0.2, 0) is 0 Å². The summed E-state index contributed by atoms with van der Waals surface area (Å²) in [6, 6.07) is 5.06. The van der Waals surface area contributed by atoms with E-state index >= 15 is 0 Å². The molecular weight excluding hydrogens is 320 g/mol. The zero-order chi connectivity index (χ0) is 18.6. The highest BCUT2D eigenvalue weighted by molar-refractivity contribution is 5.95. The number of pyridine rings is 1. The topological polar surface area (TPSA) is 40.5 Å². The van der Waals surface area contributed by atoms with Crippen molar-refractivity contribution in [3.63, 3.8) is 0 Å². The SMILES string of the molecule is CNCCCN1[C@@H](c2ncccc2C)CCC[C@H]1C1=NC=CCC1(C)C. The first kappa shape index (κ1) is 19.2. The fourth-order valence-corrected chi connectivity index (χ4v) is 4.53. The van der Waals surface area contributed by atoms with E-state index in [4.69, 9.17) is 9.98 Å². The lowest BCUT2D eigenvalue weighted by molar-refractivity contribution is 0.108. The van der Waals surface area contributed by atoms with E-state index in [0.717, 1.165) is 25.9 Å². The predicted molar refractivity (Wildman–Crippen MR) is 110 cm³/mol. The minimum atomic E-state index is 0.141. The summed E-state index contributed by atoms with van der Waals surface area (Å²) in [5.74, 6) is 0. The third kappa shape index (κ3) is 4.07. The molecule has 0 aromatic carbocycles. The highest BCUT2D eigenvalue weighted by atomic mass is 15.2. The molecule has 2 aliphatic rings. The van der Waals surface area contributed by atoms with Gasteiger partial charge >= 0.3 is 0 Å². The summed E-state index contributed by atoms with van der Waals surface area (Å²) < 4.78 is 0. The Morgan fingerprint density at radius 1 is 1.27 bits per heavy atom. The third-order valence-corrected chi connectivity index (χ3v) is 5.92. The Bertz CT molecular complexity index is 662. The molecule has 0 bridgehead atoms. The molecule has 1 N–H and O–H groups in total. The van der Waals surface area contributed by atoms with Crippen molar-refractivity contribution in [2.24, 2.45) is 10.4 Å². The summed E-state index contributed by atoms with van der Waals surface area (Å²) in [6.07, 6.45) is 12.0. The van der Waals surface area contributed by atoms with Crippen LogP contribution >= 0.6 is 0 Å². The Hall–Kier alpha value is -1.52. The van der Waals surface area contributed by atoms with Crippen LogP contribution in [0.2, 0.25) is 0 Å². The number of aryl methyl sites for hydroxylation is 1. The van der Waals surface area contributed by atoms with E-state index in [9.17, 15) is 0 Å². The number of aliphatic imine (C=N–C) groups is 1. The van der Waals surface area contributed by atoms with Crippen molar-refractivity contribution in [2.45, 2.75) is 65.0 Å². The predicted octanol–water partition coefficient (Wildman–Crippen LogP) is 4.28. The summed E-state index contributed by atoms with van der Waals surface area (Å²) >= 11 is 0. The Morgan fingerprint density at radius 2 is 2.08 bits per heavy atom. The summed E-state index contributed by atoms with van der Waals surface area (Å²) in [6.45, 7) is 9.02. The molecule has 0 amide bonds.